The lowest BCUT2D eigenvalue weighted by Crippen LogP contribution is -2.01. The molecule has 3 heteroatoms. The number of carbonyl (C=O) groups excluding carboxylic acids is 1. The van der Waals surface area contributed by atoms with Gasteiger partial charge in [0.15, 0.2) is 0 Å². The van der Waals surface area contributed by atoms with E-state index in [2.05, 4.69) is 6.92 Å². The molecule has 0 radical (unpaired) electrons. The highest BCUT2D eigenvalue weighted by atomic mass is 16.5. The minimum Gasteiger partial charge on any atom is -0.490 e. The summed E-state index contributed by atoms with van der Waals surface area (Å²) in [5.41, 5.74) is 2.43. The van der Waals surface area contributed by atoms with E-state index in [-0.39, 0.29) is 5.97 Å². The number of ether oxygens (including phenoxy) is 2. The zero-order valence-electron chi connectivity index (χ0n) is 10.5. The van der Waals surface area contributed by atoms with Crippen molar-refractivity contribution in [2.75, 3.05) is 13.2 Å². The number of carbonyl (C=O) groups is 1. The standard InChI is InChI=1S/C14H18O3/c1-4-16-14(15)6-5-9-17-13-8-7-11(2)12(3)10-13/h5-8,10H,4,9H2,1-3H3/b6-5+. The Morgan fingerprint density at radius 2 is 2.06 bits per heavy atom. The predicted octanol–water partition coefficient (Wildman–Crippen LogP) is 2.80. The zero-order chi connectivity index (χ0) is 12.7. The molecule has 17 heavy (non-hydrogen) atoms. The second-order valence-corrected chi connectivity index (χ2v) is 3.71. The fourth-order valence-electron chi connectivity index (χ4n) is 1.28. The molecule has 0 aliphatic heterocycles. The van der Waals surface area contributed by atoms with E-state index in [1.165, 1.54) is 17.2 Å². The minimum absolute atomic E-state index is 0.337. The molecule has 1 aromatic rings. The fourth-order valence-corrected chi connectivity index (χ4v) is 1.28. The lowest BCUT2D eigenvalue weighted by molar-refractivity contribution is -0.137. The van der Waals surface area contributed by atoms with E-state index < -0.39 is 0 Å². The molecule has 0 heterocycles. The van der Waals surface area contributed by atoms with Gasteiger partial charge in [-0.15, -0.1) is 0 Å². The number of hydrogen-bond acceptors (Lipinski definition) is 3. The molecule has 92 valence electrons. The Morgan fingerprint density at radius 3 is 2.71 bits per heavy atom. The maximum atomic E-state index is 11.0. The molecule has 0 saturated carbocycles. The van der Waals surface area contributed by atoms with Crippen molar-refractivity contribution in [2.45, 2.75) is 20.8 Å². The Hall–Kier alpha value is -1.77. The summed E-state index contributed by atoms with van der Waals surface area (Å²) in [5.74, 6) is 0.470. The summed E-state index contributed by atoms with van der Waals surface area (Å²) < 4.78 is 10.2. The molecule has 0 atom stereocenters. The zero-order valence-corrected chi connectivity index (χ0v) is 10.5. The van der Waals surface area contributed by atoms with Gasteiger partial charge in [-0.1, -0.05) is 6.07 Å². The summed E-state index contributed by atoms with van der Waals surface area (Å²) in [5, 5.41) is 0. The topological polar surface area (TPSA) is 35.5 Å². The van der Waals surface area contributed by atoms with Crippen LogP contribution in [-0.2, 0) is 9.53 Å². The lowest BCUT2D eigenvalue weighted by atomic mass is 10.1. The van der Waals surface area contributed by atoms with Crippen LogP contribution in [-0.4, -0.2) is 19.2 Å². The van der Waals surface area contributed by atoms with Gasteiger partial charge >= 0.3 is 5.97 Å². The van der Waals surface area contributed by atoms with Crippen molar-refractivity contribution in [3.63, 3.8) is 0 Å². The fraction of sp³-hybridized carbons (Fsp3) is 0.357. The van der Waals surface area contributed by atoms with Gasteiger partial charge in [0.2, 0.25) is 0 Å². The first-order valence-electron chi connectivity index (χ1n) is 5.67. The van der Waals surface area contributed by atoms with Crippen LogP contribution in [0.3, 0.4) is 0 Å². The predicted molar refractivity (Wildman–Crippen MR) is 67.2 cm³/mol. The van der Waals surface area contributed by atoms with Crippen LogP contribution < -0.4 is 4.74 Å². The average Bonchev–Trinajstić information content (AvgIpc) is 2.29. The average molecular weight is 234 g/mol. The highest BCUT2D eigenvalue weighted by molar-refractivity contribution is 5.81. The van der Waals surface area contributed by atoms with Crippen LogP contribution in [0, 0.1) is 13.8 Å². The third-order valence-electron chi connectivity index (χ3n) is 2.37. The molecule has 0 spiro atoms. The van der Waals surface area contributed by atoms with Gasteiger partial charge in [0, 0.05) is 6.08 Å². The van der Waals surface area contributed by atoms with Crippen LogP contribution in [0.1, 0.15) is 18.1 Å². The molecular weight excluding hydrogens is 216 g/mol. The maximum Gasteiger partial charge on any atom is 0.330 e. The molecule has 0 aliphatic carbocycles. The second-order valence-electron chi connectivity index (χ2n) is 3.71. The minimum atomic E-state index is -0.337. The van der Waals surface area contributed by atoms with E-state index >= 15 is 0 Å². The number of hydrogen-bond donors (Lipinski definition) is 0. The quantitative estimate of drug-likeness (QED) is 0.580. The largest absolute Gasteiger partial charge is 0.490 e. The molecule has 0 fully saturated rings. The van der Waals surface area contributed by atoms with Crippen molar-refractivity contribution in [3.05, 3.63) is 41.5 Å². The van der Waals surface area contributed by atoms with Gasteiger partial charge < -0.3 is 9.47 Å². The summed E-state index contributed by atoms with van der Waals surface area (Å²) >= 11 is 0. The summed E-state index contributed by atoms with van der Waals surface area (Å²) in [6.45, 7) is 6.62. The Balaban J connectivity index is 2.40. The normalized spacial score (nSPS) is 10.5. The summed E-state index contributed by atoms with van der Waals surface area (Å²) in [6.07, 6.45) is 3.03. The van der Waals surface area contributed by atoms with Crippen LogP contribution >= 0.6 is 0 Å². The first-order valence-corrected chi connectivity index (χ1v) is 5.67. The highest BCUT2D eigenvalue weighted by Crippen LogP contribution is 2.16. The summed E-state index contributed by atoms with van der Waals surface area (Å²) in [4.78, 5) is 11.0. The summed E-state index contributed by atoms with van der Waals surface area (Å²) in [6, 6.07) is 5.91. The Kier molecular flexibility index (Phi) is 5.27. The maximum absolute atomic E-state index is 11.0. The molecule has 0 aliphatic rings. The monoisotopic (exact) mass is 234 g/mol. The van der Waals surface area contributed by atoms with Gasteiger partial charge in [0.05, 0.1) is 6.61 Å². The molecule has 1 rings (SSSR count). The van der Waals surface area contributed by atoms with Gasteiger partial charge in [-0.25, -0.2) is 4.79 Å². The third kappa shape index (κ3) is 4.72. The molecule has 0 amide bonds. The van der Waals surface area contributed by atoms with Gasteiger partial charge in [0.1, 0.15) is 12.4 Å². The van der Waals surface area contributed by atoms with Crippen LogP contribution in [0.15, 0.2) is 30.4 Å². The number of benzene rings is 1. The van der Waals surface area contributed by atoms with E-state index in [0.29, 0.717) is 13.2 Å². The number of rotatable bonds is 5. The molecule has 0 aromatic heterocycles. The van der Waals surface area contributed by atoms with Crippen LogP contribution in [0.5, 0.6) is 5.75 Å². The smallest absolute Gasteiger partial charge is 0.330 e. The second kappa shape index (κ2) is 6.74. The van der Waals surface area contributed by atoms with E-state index in [0.717, 1.165) is 5.75 Å². The van der Waals surface area contributed by atoms with Gasteiger partial charge in [0.25, 0.3) is 0 Å². The molecule has 0 saturated heterocycles. The van der Waals surface area contributed by atoms with Gasteiger partial charge in [-0.3, -0.25) is 0 Å². The SMILES string of the molecule is CCOC(=O)/C=C/COc1ccc(C)c(C)c1. The van der Waals surface area contributed by atoms with Gasteiger partial charge in [-0.05, 0) is 50.1 Å². The van der Waals surface area contributed by atoms with E-state index in [4.69, 9.17) is 9.47 Å². The molecule has 0 unspecified atom stereocenters. The highest BCUT2D eigenvalue weighted by Gasteiger charge is 1.96. The third-order valence-corrected chi connectivity index (χ3v) is 2.37. The Bertz CT molecular complexity index is 408. The van der Waals surface area contributed by atoms with Crippen molar-refractivity contribution in [1.82, 2.24) is 0 Å². The van der Waals surface area contributed by atoms with E-state index in [9.17, 15) is 4.79 Å². The van der Waals surface area contributed by atoms with Crippen molar-refractivity contribution >= 4 is 5.97 Å². The van der Waals surface area contributed by atoms with Gasteiger partial charge in [-0.2, -0.15) is 0 Å². The van der Waals surface area contributed by atoms with Crippen LogP contribution in [0.25, 0.3) is 0 Å². The molecule has 3 nitrogen and oxygen atoms in total. The van der Waals surface area contributed by atoms with E-state index in [1.807, 2.05) is 25.1 Å². The van der Waals surface area contributed by atoms with Crippen molar-refractivity contribution in [2.24, 2.45) is 0 Å². The first kappa shape index (κ1) is 13.3. The molecule has 0 N–H and O–H groups in total. The summed E-state index contributed by atoms with van der Waals surface area (Å²) in [7, 11) is 0. The molecule has 1 aromatic carbocycles. The number of esters is 1. The lowest BCUT2D eigenvalue weighted by Gasteiger charge is -2.05. The van der Waals surface area contributed by atoms with Crippen molar-refractivity contribution < 1.29 is 14.3 Å². The molecular formula is C14H18O3. The molecule has 0 bridgehead atoms. The first-order chi connectivity index (χ1) is 8.13. The van der Waals surface area contributed by atoms with Crippen LogP contribution in [0.4, 0.5) is 0 Å². The van der Waals surface area contributed by atoms with Crippen molar-refractivity contribution in [1.29, 1.82) is 0 Å². The number of aryl methyl sites for hydroxylation is 2. The van der Waals surface area contributed by atoms with Crippen LogP contribution in [0.2, 0.25) is 0 Å². The Labute approximate surface area is 102 Å². The van der Waals surface area contributed by atoms with E-state index in [1.54, 1.807) is 13.0 Å². The van der Waals surface area contributed by atoms with Crippen molar-refractivity contribution in [3.8, 4) is 5.75 Å². The Morgan fingerprint density at radius 1 is 1.29 bits per heavy atom.